The molecule has 1 atom stereocenters. The van der Waals surface area contributed by atoms with E-state index in [0.29, 0.717) is 30.4 Å². The maximum atomic E-state index is 12.9. The summed E-state index contributed by atoms with van der Waals surface area (Å²) in [7, 11) is 0. The summed E-state index contributed by atoms with van der Waals surface area (Å²) in [5.74, 6) is 2.20. The smallest absolute Gasteiger partial charge is 0.229 e. The van der Waals surface area contributed by atoms with Crippen LogP contribution in [0.25, 0.3) is 0 Å². The largest absolute Gasteiger partial charge is 0.494 e. The van der Waals surface area contributed by atoms with Crippen LogP contribution in [0, 0.1) is 19.8 Å². The Labute approximate surface area is 183 Å². The van der Waals surface area contributed by atoms with E-state index in [9.17, 15) is 4.79 Å². The molecule has 6 nitrogen and oxygen atoms in total. The quantitative estimate of drug-likeness (QED) is 0.533. The number of ketones is 1. The van der Waals surface area contributed by atoms with E-state index in [4.69, 9.17) is 14.7 Å². The number of Topliss-reactive ketones (excluding diaryl/α,β-unsaturated/α-hetero) is 1. The third kappa shape index (κ3) is 4.53. The third-order valence-corrected chi connectivity index (χ3v) is 5.62. The van der Waals surface area contributed by atoms with Gasteiger partial charge in [0.15, 0.2) is 5.78 Å². The number of carbonyl (C=O) groups is 1. The molecule has 0 spiro atoms. The average Bonchev–Trinajstić information content (AvgIpc) is 2.72. The Balaban J connectivity index is 1.71. The minimum Gasteiger partial charge on any atom is -0.494 e. The minimum absolute atomic E-state index is 0.0918. The lowest BCUT2D eigenvalue weighted by Crippen LogP contribution is -2.22. The zero-order valence-electron chi connectivity index (χ0n) is 18.5. The molecule has 0 radical (unpaired) electrons. The lowest BCUT2D eigenvalue weighted by molar-refractivity contribution is 0.0952. The van der Waals surface area contributed by atoms with Crippen LogP contribution in [0.4, 0.5) is 23.1 Å². The second-order valence-electron chi connectivity index (χ2n) is 8.11. The van der Waals surface area contributed by atoms with Crippen LogP contribution in [0.5, 0.6) is 5.75 Å². The standard InChI is InChI=1S/C25H28N4O2/c1-5-31-19-11-9-18(10-12-19)26-25-28-21-13-15(2)14-22(30)23(21)24(29-25)27-20-8-6-7-16(3)17(20)4/h6-12,15H,5,13-14H2,1-4H3,(H2,26,27,28,29). The summed E-state index contributed by atoms with van der Waals surface area (Å²) >= 11 is 0. The number of nitrogens with zero attached hydrogens (tertiary/aromatic N) is 2. The molecule has 31 heavy (non-hydrogen) atoms. The van der Waals surface area contributed by atoms with E-state index in [2.05, 4.69) is 37.5 Å². The first-order chi connectivity index (χ1) is 14.9. The Morgan fingerprint density at radius 3 is 2.55 bits per heavy atom. The van der Waals surface area contributed by atoms with Gasteiger partial charge in [-0.15, -0.1) is 0 Å². The molecule has 6 heteroatoms. The number of hydrogen-bond donors (Lipinski definition) is 2. The Morgan fingerprint density at radius 1 is 1.03 bits per heavy atom. The molecule has 1 heterocycles. The van der Waals surface area contributed by atoms with Crippen molar-refractivity contribution < 1.29 is 9.53 Å². The van der Waals surface area contributed by atoms with Crippen molar-refractivity contribution in [1.29, 1.82) is 0 Å². The van der Waals surface area contributed by atoms with E-state index >= 15 is 0 Å². The summed E-state index contributed by atoms with van der Waals surface area (Å²) < 4.78 is 5.51. The molecule has 160 valence electrons. The first-order valence-corrected chi connectivity index (χ1v) is 10.7. The van der Waals surface area contributed by atoms with Crippen molar-refractivity contribution in [2.24, 2.45) is 5.92 Å². The van der Waals surface area contributed by atoms with E-state index in [-0.39, 0.29) is 11.7 Å². The van der Waals surface area contributed by atoms with E-state index in [0.717, 1.165) is 34.8 Å². The number of nitrogens with one attached hydrogen (secondary N) is 2. The first kappa shape index (κ1) is 20.8. The van der Waals surface area contributed by atoms with Gasteiger partial charge < -0.3 is 15.4 Å². The van der Waals surface area contributed by atoms with Crippen molar-refractivity contribution in [2.75, 3.05) is 17.2 Å². The summed E-state index contributed by atoms with van der Waals surface area (Å²) in [6.45, 7) is 8.80. The number of fused-ring (bicyclic) bond motifs is 1. The van der Waals surface area contributed by atoms with E-state index < -0.39 is 0 Å². The average molecular weight is 417 g/mol. The van der Waals surface area contributed by atoms with Crippen LogP contribution in [-0.4, -0.2) is 22.4 Å². The van der Waals surface area contributed by atoms with Gasteiger partial charge in [-0.3, -0.25) is 4.79 Å². The number of ether oxygens (including phenoxy) is 1. The SMILES string of the molecule is CCOc1ccc(Nc2nc3c(c(Nc4cccc(C)c4C)n2)C(=O)CC(C)C3)cc1. The number of hydrogen-bond acceptors (Lipinski definition) is 6. The molecule has 3 aromatic rings. The van der Waals surface area contributed by atoms with Gasteiger partial charge in [0.25, 0.3) is 0 Å². The molecule has 0 fully saturated rings. The predicted molar refractivity (Wildman–Crippen MR) is 124 cm³/mol. The molecule has 0 saturated carbocycles. The van der Waals surface area contributed by atoms with Gasteiger partial charge in [-0.05, 0) is 74.6 Å². The number of benzene rings is 2. The summed E-state index contributed by atoms with van der Waals surface area (Å²) in [6.07, 6.45) is 1.27. The summed E-state index contributed by atoms with van der Waals surface area (Å²) in [5, 5.41) is 6.68. The van der Waals surface area contributed by atoms with Gasteiger partial charge in [-0.25, -0.2) is 4.98 Å². The number of aromatic nitrogens is 2. The van der Waals surface area contributed by atoms with Crippen molar-refractivity contribution in [3.63, 3.8) is 0 Å². The highest BCUT2D eigenvalue weighted by molar-refractivity contribution is 6.03. The fraction of sp³-hybridized carbons (Fsp3) is 0.320. The molecule has 0 amide bonds. The van der Waals surface area contributed by atoms with Gasteiger partial charge in [0.05, 0.1) is 17.9 Å². The lowest BCUT2D eigenvalue weighted by Gasteiger charge is -2.23. The van der Waals surface area contributed by atoms with Gasteiger partial charge in [-0.2, -0.15) is 4.98 Å². The van der Waals surface area contributed by atoms with Crippen LogP contribution in [0.3, 0.4) is 0 Å². The van der Waals surface area contributed by atoms with Gasteiger partial charge >= 0.3 is 0 Å². The summed E-state index contributed by atoms with van der Waals surface area (Å²) in [6, 6.07) is 13.8. The van der Waals surface area contributed by atoms with Crippen LogP contribution in [0.15, 0.2) is 42.5 Å². The molecular weight excluding hydrogens is 388 g/mol. The number of anilines is 4. The van der Waals surface area contributed by atoms with Crippen LogP contribution in [0.1, 0.15) is 47.4 Å². The molecule has 0 aliphatic heterocycles. The molecule has 4 rings (SSSR count). The maximum absolute atomic E-state index is 12.9. The number of carbonyl (C=O) groups excluding carboxylic acids is 1. The maximum Gasteiger partial charge on any atom is 0.229 e. The predicted octanol–water partition coefficient (Wildman–Crippen LogP) is 5.74. The Bertz CT molecular complexity index is 1110. The normalized spacial score (nSPS) is 15.4. The second-order valence-corrected chi connectivity index (χ2v) is 8.11. The zero-order chi connectivity index (χ0) is 22.0. The number of aryl methyl sites for hydroxylation is 1. The third-order valence-electron chi connectivity index (χ3n) is 5.62. The molecule has 1 aliphatic carbocycles. The van der Waals surface area contributed by atoms with Crippen molar-refractivity contribution in [1.82, 2.24) is 9.97 Å². The highest BCUT2D eigenvalue weighted by Gasteiger charge is 2.28. The first-order valence-electron chi connectivity index (χ1n) is 10.7. The molecule has 1 unspecified atom stereocenters. The Morgan fingerprint density at radius 2 is 1.81 bits per heavy atom. The highest BCUT2D eigenvalue weighted by atomic mass is 16.5. The van der Waals surface area contributed by atoms with E-state index in [1.807, 2.05) is 43.3 Å². The van der Waals surface area contributed by atoms with Gasteiger partial charge in [-0.1, -0.05) is 19.1 Å². The molecular formula is C25H28N4O2. The van der Waals surface area contributed by atoms with E-state index in [1.54, 1.807) is 0 Å². The van der Waals surface area contributed by atoms with Crippen LogP contribution in [-0.2, 0) is 6.42 Å². The van der Waals surface area contributed by atoms with Crippen LogP contribution >= 0.6 is 0 Å². The van der Waals surface area contributed by atoms with Gasteiger partial charge in [0.1, 0.15) is 11.6 Å². The second kappa shape index (κ2) is 8.76. The van der Waals surface area contributed by atoms with Crippen LogP contribution in [0.2, 0.25) is 0 Å². The molecule has 2 aromatic carbocycles. The van der Waals surface area contributed by atoms with Crippen LogP contribution < -0.4 is 15.4 Å². The van der Waals surface area contributed by atoms with E-state index in [1.165, 1.54) is 5.56 Å². The molecule has 0 saturated heterocycles. The monoisotopic (exact) mass is 416 g/mol. The Hall–Kier alpha value is -3.41. The van der Waals surface area contributed by atoms with Crippen molar-refractivity contribution in [2.45, 2.75) is 40.5 Å². The van der Waals surface area contributed by atoms with Crippen molar-refractivity contribution in [3.05, 3.63) is 64.8 Å². The molecule has 0 bridgehead atoms. The molecule has 1 aromatic heterocycles. The van der Waals surface area contributed by atoms with Gasteiger partial charge in [0.2, 0.25) is 5.95 Å². The summed E-state index contributed by atoms with van der Waals surface area (Å²) in [5.41, 5.74) is 5.51. The van der Waals surface area contributed by atoms with Crippen molar-refractivity contribution in [3.8, 4) is 5.75 Å². The van der Waals surface area contributed by atoms with Crippen molar-refractivity contribution >= 4 is 28.9 Å². The summed E-state index contributed by atoms with van der Waals surface area (Å²) in [4.78, 5) is 22.3. The topological polar surface area (TPSA) is 76.1 Å². The minimum atomic E-state index is 0.0918. The zero-order valence-corrected chi connectivity index (χ0v) is 18.5. The fourth-order valence-corrected chi connectivity index (χ4v) is 3.86. The lowest BCUT2D eigenvalue weighted by atomic mass is 9.87. The fourth-order valence-electron chi connectivity index (χ4n) is 3.86. The number of rotatable bonds is 6. The van der Waals surface area contributed by atoms with Gasteiger partial charge in [0, 0.05) is 17.8 Å². The highest BCUT2D eigenvalue weighted by Crippen LogP contribution is 2.33. The Kier molecular flexibility index (Phi) is 5.89. The molecule has 1 aliphatic rings. The molecule has 2 N–H and O–H groups in total.